The van der Waals surface area contributed by atoms with E-state index >= 15 is 0 Å². The standard InChI is InChI=1S/C18H34N2O2/c1-7-10-14(16(21)13(2)3)19-18(4,5)17(22)15-11-8-9-12-20(15)6/h13-15,19H,7-12H2,1-6H3/t14-,15+/m0/s1. The van der Waals surface area contributed by atoms with Crippen LogP contribution in [0.25, 0.3) is 0 Å². The van der Waals surface area contributed by atoms with Crippen LogP contribution in [0.2, 0.25) is 0 Å². The Labute approximate surface area is 136 Å². The fourth-order valence-corrected chi connectivity index (χ4v) is 3.31. The third-order valence-electron chi connectivity index (χ3n) is 4.71. The Morgan fingerprint density at radius 3 is 2.41 bits per heavy atom. The van der Waals surface area contributed by atoms with Crippen LogP contribution in [0.5, 0.6) is 0 Å². The van der Waals surface area contributed by atoms with Gasteiger partial charge in [0, 0.05) is 5.92 Å². The van der Waals surface area contributed by atoms with Gasteiger partial charge in [0.15, 0.2) is 11.6 Å². The molecule has 2 atom stereocenters. The quantitative estimate of drug-likeness (QED) is 0.749. The Morgan fingerprint density at radius 1 is 1.27 bits per heavy atom. The Hall–Kier alpha value is -0.740. The molecule has 0 spiro atoms. The molecule has 1 rings (SSSR count). The first-order valence-corrected chi connectivity index (χ1v) is 8.76. The zero-order valence-corrected chi connectivity index (χ0v) is 15.2. The van der Waals surface area contributed by atoms with Crippen molar-refractivity contribution in [3.8, 4) is 0 Å². The molecule has 4 nitrogen and oxygen atoms in total. The summed E-state index contributed by atoms with van der Waals surface area (Å²) in [6.07, 6.45) is 4.92. The smallest absolute Gasteiger partial charge is 0.169 e. The average Bonchev–Trinajstić information content (AvgIpc) is 2.45. The van der Waals surface area contributed by atoms with Crippen LogP contribution in [0, 0.1) is 5.92 Å². The van der Waals surface area contributed by atoms with Gasteiger partial charge in [-0.3, -0.25) is 19.8 Å². The fourth-order valence-electron chi connectivity index (χ4n) is 3.31. The molecule has 1 aliphatic rings. The van der Waals surface area contributed by atoms with Gasteiger partial charge in [0.25, 0.3) is 0 Å². The Bertz CT molecular complexity index is 391. The predicted molar refractivity (Wildman–Crippen MR) is 91.0 cm³/mol. The lowest BCUT2D eigenvalue weighted by Gasteiger charge is -2.38. The summed E-state index contributed by atoms with van der Waals surface area (Å²) in [4.78, 5) is 27.5. The molecule has 1 aliphatic heterocycles. The summed E-state index contributed by atoms with van der Waals surface area (Å²) in [7, 11) is 2.03. The van der Waals surface area contributed by atoms with Gasteiger partial charge in [0.05, 0.1) is 17.6 Å². The van der Waals surface area contributed by atoms with E-state index < -0.39 is 5.54 Å². The van der Waals surface area contributed by atoms with Gasteiger partial charge in [-0.25, -0.2) is 0 Å². The first kappa shape index (κ1) is 19.3. The molecule has 0 aromatic rings. The number of carbonyl (C=O) groups excluding carboxylic acids is 2. The number of nitrogens with zero attached hydrogens (tertiary/aromatic N) is 1. The van der Waals surface area contributed by atoms with Crippen LogP contribution in [0.15, 0.2) is 0 Å². The first-order chi connectivity index (χ1) is 10.2. The molecule has 0 unspecified atom stereocenters. The highest BCUT2D eigenvalue weighted by atomic mass is 16.1. The van der Waals surface area contributed by atoms with E-state index in [2.05, 4.69) is 17.1 Å². The average molecular weight is 310 g/mol. The molecule has 1 fully saturated rings. The van der Waals surface area contributed by atoms with Gasteiger partial charge >= 0.3 is 0 Å². The van der Waals surface area contributed by atoms with Crippen molar-refractivity contribution >= 4 is 11.6 Å². The van der Waals surface area contributed by atoms with E-state index in [0.717, 1.165) is 32.2 Å². The van der Waals surface area contributed by atoms with E-state index in [1.54, 1.807) is 0 Å². The monoisotopic (exact) mass is 310 g/mol. The van der Waals surface area contributed by atoms with Gasteiger partial charge in [-0.1, -0.05) is 33.6 Å². The highest BCUT2D eigenvalue weighted by molar-refractivity contribution is 5.93. The normalized spacial score (nSPS) is 21.9. The highest BCUT2D eigenvalue weighted by Crippen LogP contribution is 2.22. The van der Waals surface area contributed by atoms with Crippen LogP contribution in [0.4, 0.5) is 0 Å². The summed E-state index contributed by atoms with van der Waals surface area (Å²) >= 11 is 0. The second-order valence-electron chi connectivity index (χ2n) is 7.52. The highest BCUT2D eigenvalue weighted by Gasteiger charge is 2.39. The molecule has 1 heterocycles. The number of ketones is 2. The zero-order valence-electron chi connectivity index (χ0n) is 15.2. The molecule has 128 valence electrons. The number of rotatable bonds is 8. The van der Waals surface area contributed by atoms with Crippen LogP contribution in [-0.2, 0) is 9.59 Å². The summed E-state index contributed by atoms with van der Waals surface area (Å²) in [5.41, 5.74) is -0.666. The largest absolute Gasteiger partial charge is 0.298 e. The summed E-state index contributed by atoms with van der Waals surface area (Å²) < 4.78 is 0. The molecule has 0 aromatic heterocycles. The molecule has 0 radical (unpaired) electrons. The molecule has 0 aliphatic carbocycles. The Balaban J connectivity index is 2.81. The maximum absolute atomic E-state index is 12.9. The molecule has 0 aromatic carbocycles. The minimum atomic E-state index is -0.666. The second-order valence-corrected chi connectivity index (χ2v) is 7.52. The second kappa shape index (κ2) is 8.21. The van der Waals surface area contributed by atoms with E-state index in [4.69, 9.17) is 0 Å². The summed E-state index contributed by atoms with van der Waals surface area (Å²) in [5, 5.41) is 3.37. The van der Waals surface area contributed by atoms with E-state index in [1.165, 1.54) is 6.42 Å². The topological polar surface area (TPSA) is 49.4 Å². The Kier molecular flexibility index (Phi) is 7.20. The summed E-state index contributed by atoms with van der Waals surface area (Å²) in [6, 6.07) is -0.245. The number of likely N-dealkylation sites (N-methyl/N-ethyl adjacent to an activating group) is 1. The number of likely N-dealkylation sites (tertiary alicyclic amines) is 1. The van der Waals surface area contributed by atoms with Gasteiger partial charge in [0.1, 0.15) is 0 Å². The third-order valence-corrected chi connectivity index (χ3v) is 4.71. The fraction of sp³-hybridized carbons (Fsp3) is 0.889. The molecule has 1 N–H and O–H groups in total. The number of hydrogen-bond acceptors (Lipinski definition) is 4. The molecule has 1 saturated heterocycles. The lowest BCUT2D eigenvalue weighted by molar-refractivity contribution is -0.132. The Morgan fingerprint density at radius 2 is 1.91 bits per heavy atom. The molecule has 0 saturated carbocycles. The van der Waals surface area contributed by atoms with Gasteiger partial charge in [-0.15, -0.1) is 0 Å². The van der Waals surface area contributed by atoms with E-state index in [9.17, 15) is 9.59 Å². The van der Waals surface area contributed by atoms with Crippen LogP contribution in [0.3, 0.4) is 0 Å². The molecule has 22 heavy (non-hydrogen) atoms. The number of carbonyl (C=O) groups is 2. The molecular weight excluding hydrogens is 276 g/mol. The zero-order chi connectivity index (χ0) is 16.9. The SMILES string of the molecule is CCC[C@H](NC(C)(C)C(=O)[C@H]1CCCCN1C)C(=O)C(C)C. The lowest BCUT2D eigenvalue weighted by atomic mass is 9.86. The van der Waals surface area contributed by atoms with Crippen molar-refractivity contribution < 1.29 is 9.59 Å². The van der Waals surface area contributed by atoms with Crippen molar-refractivity contribution in [2.24, 2.45) is 5.92 Å². The third kappa shape index (κ3) is 4.88. The number of piperidine rings is 1. The maximum Gasteiger partial charge on any atom is 0.169 e. The van der Waals surface area contributed by atoms with E-state index in [-0.39, 0.29) is 29.6 Å². The molecule has 4 heteroatoms. The van der Waals surface area contributed by atoms with Crippen LogP contribution in [-0.4, -0.2) is 47.7 Å². The van der Waals surface area contributed by atoms with E-state index in [1.807, 2.05) is 34.7 Å². The summed E-state index contributed by atoms with van der Waals surface area (Å²) in [5.74, 6) is 0.416. The van der Waals surface area contributed by atoms with Crippen molar-refractivity contribution in [3.63, 3.8) is 0 Å². The van der Waals surface area contributed by atoms with Gasteiger partial charge in [-0.2, -0.15) is 0 Å². The van der Waals surface area contributed by atoms with Crippen molar-refractivity contribution in [1.29, 1.82) is 0 Å². The minimum absolute atomic E-state index is 0.00712. The maximum atomic E-state index is 12.9. The van der Waals surface area contributed by atoms with Crippen molar-refractivity contribution in [1.82, 2.24) is 10.2 Å². The van der Waals surface area contributed by atoms with Crippen molar-refractivity contribution in [2.75, 3.05) is 13.6 Å². The van der Waals surface area contributed by atoms with Gasteiger partial charge < -0.3 is 0 Å². The first-order valence-electron chi connectivity index (χ1n) is 8.76. The van der Waals surface area contributed by atoms with Gasteiger partial charge in [0.2, 0.25) is 0 Å². The number of hydrogen-bond donors (Lipinski definition) is 1. The summed E-state index contributed by atoms with van der Waals surface area (Å²) in [6.45, 7) is 10.8. The molecule has 0 bridgehead atoms. The van der Waals surface area contributed by atoms with Crippen LogP contribution in [0.1, 0.15) is 66.7 Å². The predicted octanol–water partition coefficient (Wildman–Crippen LogP) is 2.80. The molecule has 0 amide bonds. The number of nitrogens with one attached hydrogen (secondary N) is 1. The van der Waals surface area contributed by atoms with Gasteiger partial charge in [-0.05, 0) is 46.7 Å². The molecular formula is C18H34N2O2. The lowest BCUT2D eigenvalue weighted by Crippen LogP contribution is -2.60. The van der Waals surface area contributed by atoms with E-state index in [0.29, 0.717) is 0 Å². The van der Waals surface area contributed by atoms with Crippen molar-refractivity contribution in [2.45, 2.75) is 84.3 Å². The number of Topliss-reactive ketones (excluding diaryl/α,β-unsaturated/α-hetero) is 2. The van der Waals surface area contributed by atoms with Crippen LogP contribution < -0.4 is 5.32 Å². The van der Waals surface area contributed by atoms with Crippen molar-refractivity contribution in [3.05, 3.63) is 0 Å². The minimum Gasteiger partial charge on any atom is -0.298 e. The van der Waals surface area contributed by atoms with Crippen LogP contribution >= 0.6 is 0 Å².